The lowest BCUT2D eigenvalue weighted by molar-refractivity contribution is -0.386. The lowest BCUT2D eigenvalue weighted by atomic mass is 10.0. The van der Waals surface area contributed by atoms with Gasteiger partial charge in [0.05, 0.1) is 22.7 Å². The highest BCUT2D eigenvalue weighted by Gasteiger charge is 2.18. The van der Waals surface area contributed by atoms with Crippen molar-refractivity contribution in [2.45, 2.75) is 20.4 Å². The summed E-state index contributed by atoms with van der Waals surface area (Å²) < 4.78 is 12.8. The van der Waals surface area contributed by atoms with Gasteiger partial charge in [-0.1, -0.05) is 12.1 Å². The van der Waals surface area contributed by atoms with Crippen LogP contribution in [0.5, 0.6) is 0 Å². The van der Waals surface area contributed by atoms with Gasteiger partial charge in [-0.15, -0.1) is 0 Å². The maximum absolute atomic E-state index is 12.8. The van der Waals surface area contributed by atoms with E-state index in [1.807, 2.05) is 0 Å². The summed E-state index contributed by atoms with van der Waals surface area (Å²) in [6.45, 7) is 3.68. The third-order valence-electron chi connectivity index (χ3n) is 3.42. The minimum atomic E-state index is -0.430. The second-order valence-corrected chi connectivity index (χ2v) is 5.02. The maximum atomic E-state index is 12.8. The van der Waals surface area contributed by atoms with Crippen molar-refractivity contribution in [3.8, 4) is 0 Å². The Balaban J connectivity index is 2.24. The molecule has 6 heteroatoms. The van der Waals surface area contributed by atoms with E-state index < -0.39 is 4.92 Å². The van der Waals surface area contributed by atoms with Gasteiger partial charge in [-0.3, -0.25) is 15.1 Å². The molecule has 0 heterocycles. The predicted molar refractivity (Wildman–Crippen MR) is 84.7 cm³/mol. The molecular formula is C16H16FN3O2. The highest BCUT2D eigenvalue weighted by atomic mass is 19.1. The number of nitrogens with two attached hydrogens (primary N) is 1. The number of benzene rings is 2. The zero-order chi connectivity index (χ0) is 16.3. The van der Waals surface area contributed by atoms with Crippen LogP contribution in [-0.2, 0) is 6.54 Å². The molecule has 0 aliphatic carbocycles. The van der Waals surface area contributed by atoms with E-state index >= 15 is 0 Å². The standard InChI is InChI=1S/C16H16FN3O2/c1-10-7-13(15(18)11(2)16(10)20(21)22)9-19-8-12-3-5-14(17)6-4-12/h3-7,9H,8,18H2,1-2H3. The summed E-state index contributed by atoms with van der Waals surface area (Å²) in [5.74, 6) is -0.293. The molecule has 2 rings (SSSR count). The second kappa shape index (κ2) is 6.34. The van der Waals surface area contributed by atoms with Crippen molar-refractivity contribution in [1.82, 2.24) is 0 Å². The Kier molecular flexibility index (Phi) is 4.50. The SMILES string of the molecule is Cc1cc(C=NCc2ccc(F)cc2)c(N)c(C)c1[N+](=O)[O-]. The monoisotopic (exact) mass is 301 g/mol. The molecule has 0 saturated carbocycles. The zero-order valence-corrected chi connectivity index (χ0v) is 12.3. The van der Waals surface area contributed by atoms with Gasteiger partial charge in [0.25, 0.3) is 5.69 Å². The molecule has 114 valence electrons. The molecule has 2 aromatic rings. The van der Waals surface area contributed by atoms with Gasteiger partial charge >= 0.3 is 0 Å². The fourth-order valence-corrected chi connectivity index (χ4v) is 2.25. The summed E-state index contributed by atoms with van der Waals surface area (Å²) in [6.07, 6.45) is 1.59. The predicted octanol–water partition coefficient (Wildman–Crippen LogP) is 3.55. The number of nitrogen functional groups attached to an aromatic ring is 1. The summed E-state index contributed by atoms with van der Waals surface area (Å²) in [4.78, 5) is 14.9. The van der Waals surface area contributed by atoms with Gasteiger partial charge in [-0.05, 0) is 37.6 Å². The van der Waals surface area contributed by atoms with E-state index in [-0.39, 0.29) is 11.5 Å². The summed E-state index contributed by atoms with van der Waals surface area (Å²) in [6, 6.07) is 7.71. The van der Waals surface area contributed by atoms with Gasteiger partial charge in [0.15, 0.2) is 0 Å². The smallest absolute Gasteiger partial charge is 0.277 e. The number of hydrogen-bond donors (Lipinski definition) is 1. The molecule has 0 atom stereocenters. The van der Waals surface area contributed by atoms with Crippen LogP contribution >= 0.6 is 0 Å². The first-order valence-electron chi connectivity index (χ1n) is 6.68. The Morgan fingerprint density at radius 3 is 2.55 bits per heavy atom. The van der Waals surface area contributed by atoms with E-state index in [0.717, 1.165) is 5.56 Å². The quantitative estimate of drug-likeness (QED) is 0.406. The van der Waals surface area contributed by atoms with Crippen LogP contribution in [0.3, 0.4) is 0 Å². The molecule has 0 aliphatic rings. The first-order valence-corrected chi connectivity index (χ1v) is 6.68. The van der Waals surface area contributed by atoms with Crippen molar-refractivity contribution < 1.29 is 9.31 Å². The molecule has 2 N–H and O–H groups in total. The third-order valence-corrected chi connectivity index (χ3v) is 3.42. The van der Waals surface area contributed by atoms with Crippen LogP contribution in [0.2, 0.25) is 0 Å². The van der Waals surface area contributed by atoms with Crippen LogP contribution in [0, 0.1) is 29.8 Å². The summed E-state index contributed by atoms with van der Waals surface area (Å²) in [5.41, 5.74) is 8.82. The van der Waals surface area contributed by atoms with Crippen molar-refractivity contribution in [1.29, 1.82) is 0 Å². The van der Waals surface area contributed by atoms with Crippen molar-refractivity contribution in [2.24, 2.45) is 4.99 Å². The highest BCUT2D eigenvalue weighted by molar-refractivity contribution is 5.90. The fraction of sp³-hybridized carbons (Fsp3) is 0.188. The molecule has 0 aromatic heterocycles. The number of nitro benzene ring substituents is 1. The molecule has 0 bridgehead atoms. The first-order chi connectivity index (χ1) is 10.4. The van der Waals surface area contributed by atoms with E-state index in [4.69, 9.17) is 5.73 Å². The van der Waals surface area contributed by atoms with E-state index in [1.54, 1.807) is 38.3 Å². The molecule has 0 spiro atoms. The van der Waals surface area contributed by atoms with E-state index in [2.05, 4.69) is 4.99 Å². The Bertz CT molecular complexity index is 740. The van der Waals surface area contributed by atoms with Crippen LogP contribution in [0.4, 0.5) is 15.8 Å². The Hall–Kier alpha value is -2.76. The number of nitrogens with zero attached hydrogens (tertiary/aromatic N) is 2. The number of nitro groups is 1. The molecule has 0 saturated heterocycles. The molecule has 0 amide bonds. The molecule has 0 aliphatic heterocycles. The minimum Gasteiger partial charge on any atom is -0.398 e. The van der Waals surface area contributed by atoms with Gasteiger partial charge in [-0.25, -0.2) is 4.39 Å². The van der Waals surface area contributed by atoms with Crippen LogP contribution in [0.1, 0.15) is 22.3 Å². The molecule has 0 unspecified atom stereocenters. The Morgan fingerprint density at radius 2 is 1.95 bits per heavy atom. The van der Waals surface area contributed by atoms with Crippen molar-refractivity contribution in [3.05, 3.63) is 68.5 Å². The highest BCUT2D eigenvalue weighted by Crippen LogP contribution is 2.29. The lowest BCUT2D eigenvalue weighted by Gasteiger charge is -2.08. The van der Waals surface area contributed by atoms with Gasteiger partial charge in [0, 0.05) is 17.3 Å². The normalized spacial score (nSPS) is 11.0. The van der Waals surface area contributed by atoms with Crippen LogP contribution < -0.4 is 5.73 Å². The Labute approximate surface area is 127 Å². The maximum Gasteiger partial charge on any atom is 0.277 e. The van der Waals surface area contributed by atoms with Gasteiger partial charge < -0.3 is 5.73 Å². The van der Waals surface area contributed by atoms with E-state index in [0.29, 0.717) is 28.9 Å². The van der Waals surface area contributed by atoms with Crippen LogP contribution in [0.25, 0.3) is 0 Å². The minimum absolute atomic E-state index is 0.0354. The number of anilines is 1. The molecule has 0 radical (unpaired) electrons. The second-order valence-electron chi connectivity index (χ2n) is 5.02. The van der Waals surface area contributed by atoms with Crippen LogP contribution in [0.15, 0.2) is 35.3 Å². The summed E-state index contributed by atoms with van der Waals surface area (Å²) >= 11 is 0. The number of aliphatic imine (C=N–C) groups is 1. The van der Waals surface area contributed by atoms with Gasteiger partial charge in [-0.2, -0.15) is 0 Å². The molecule has 0 fully saturated rings. The topological polar surface area (TPSA) is 81.5 Å². The third kappa shape index (κ3) is 3.28. The first kappa shape index (κ1) is 15.6. The number of rotatable bonds is 4. The van der Waals surface area contributed by atoms with Gasteiger partial charge in [0.1, 0.15) is 5.82 Å². The van der Waals surface area contributed by atoms with Gasteiger partial charge in [0.2, 0.25) is 0 Å². The zero-order valence-electron chi connectivity index (χ0n) is 12.3. The van der Waals surface area contributed by atoms with E-state index in [9.17, 15) is 14.5 Å². The van der Waals surface area contributed by atoms with Crippen molar-refractivity contribution in [3.63, 3.8) is 0 Å². The molecule has 5 nitrogen and oxygen atoms in total. The average molecular weight is 301 g/mol. The average Bonchev–Trinajstić information content (AvgIpc) is 2.46. The van der Waals surface area contributed by atoms with Crippen LogP contribution in [-0.4, -0.2) is 11.1 Å². The Morgan fingerprint density at radius 1 is 1.32 bits per heavy atom. The van der Waals surface area contributed by atoms with E-state index in [1.165, 1.54) is 12.1 Å². The molecular weight excluding hydrogens is 285 g/mol. The number of halogens is 1. The van der Waals surface area contributed by atoms with Crippen molar-refractivity contribution >= 4 is 17.6 Å². The summed E-state index contributed by atoms with van der Waals surface area (Å²) in [7, 11) is 0. The molecule has 2 aromatic carbocycles. The summed E-state index contributed by atoms with van der Waals surface area (Å²) in [5, 5.41) is 11.0. The largest absolute Gasteiger partial charge is 0.398 e. The lowest BCUT2D eigenvalue weighted by Crippen LogP contribution is -2.03. The van der Waals surface area contributed by atoms with Crippen molar-refractivity contribution in [2.75, 3.05) is 5.73 Å². The fourth-order valence-electron chi connectivity index (χ4n) is 2.25. The molecule has 22 heavy (non-hydrogen) atoms. The number of aryl methyl sites for hydroxylation is 1. The number of hydrogen-bond acceptors (Lipinski definition) is 4.